The van der Waals surface area contributed by atoms with Gasteiger partial charge in [-0.25, -0.2) is 0 Å². The zero-order valence-electron chi connectivity index (χ0n) is 7.71. The topological polar surface area (TPSA) is 51.0 Å². The van der Waals surface area contributed by atoms with Crippen LogP contribution in [-0.4, -0.2) is 23.2 Å². The van der Waals surface area contributed by atoms with E-state index in [0.717, 1.165) is 19.0 Å². The fourth-order valence-corrected chi connectivity index (χ4v) is 2.13. The Labute approximate surface area is 71.7 Å². The Morgan fingerprint density at radius 2 is 2.83 bits per heavy atom. The summed E-state index contributed by atoms with van der Waals surface area (Å²) in [5.41, 5.74) is 0.139. The van der Waals surface area contributed by atoms with Crippen LogP contribution >= 0.6 is 0 Å². The third kappa shape index (κ3) is 0.659. The number of nitrogens with one attached hydrogen (secondary N) is 1. The van der Waals surface area contributed by atoms with Gasteiger partial charge in [0, 0.05) is 7.92 Å². The molecule has 1 saturated carbocycles. The molecule has 1 saturated heterocycles. The fourth-order valence-electron chi connectivity index (χ4n) is 2.13. The summed E-state index contributed by atoms with van der Waals surface area (Å²) in [6, 6.07) is 0. The summed E-state index contributed by atoms with van der Waals surface area (Å²) in [5.74, 6) is 1.93. The van der Waals surface area contributed by atoms with E-state index in [1.807, 2.05) is 0 Å². The number of aryl methyl sites for hydroxylation is 1. The Kier molecular flexibility index (Phi) is 0.892. The minimum absolute atomic E-state index is 0.109. The lowest BCUT2D eigenvalue weighted by molar-refractivity contribution is 0.343. The summed E-state index contributed by atoms with van der Waals surface area (Å²) in [6.45, 7) is 2.13. The van der Waals surface area contributed by atoms with Gasteiger partial charge in [-0.1, -0.05) is 5.16 Å². The highest BCUT2D eigenvalue weighted by Gasteiger charge is 2.62. The summed E-state index contributed by atoms with van der Waals surface area (Å²) < 4.78 is 12.3. The van der Waals surface area contributed by atoms with E-state index in [2.05, 4.69) is 15.5 Å². The molecule has 0 aromatic carbocycles. The van der Waals surface area contributed by atoms with Crippen LogP contribution in [0.1, 0.15) is 19.5 Å². The number of hydrogen-bond donors (Lipinski definition) is 1. The molecule has 0 spiro atoms. The highest BCUT2D eigenvalue weighted by atomic mass is 16.5. The maximum absolute atomic E-state index is 7.10. The Morgan fingerprint density at radius 3 is 3.42 bits per heavy atom. The zero-order chi connectivity index (χ0) is 8.89. The van der Waals surface area contributed by atoms with E-state index in [9.17, 15) is 0 Å². The molecule has 0 radical (unpaired) electrons. The van der Waals surface area contributed by atoms with E-state index < -0.39 is 0 Å². The van der Waals surface area contributed by atoms with E-state index in [4.69, 9.17) is 5.89 Å². The van der Waals surface area contributed by atoms with Gasteiger partial charge in [0.15, 0.2) is 5.82 Å². The quantitative estimate of drug-likeness (QED) is 0.649. The molecule has 1 aliphatic heterocycles. The lowest BCUT2D eigenvalue weighted by Crippen LogP contribution is -2.19. The van der Waals surface area contributed by atoms with Gasteiger partial charge in [0.05, 0.1) is 5.41 Å². The summed E-state index contributed by atoms with van der Waals surface area (Å²) in [6.07, 6.45) is 1.17. The second-order valence-corrected chi connectivity index (χ2v) is 3.70. The van der Waals surface area contributed by atoms with Crippen molar-refractivity contribution >= 4 is 0 Å². The number of hydrogen-bond acceptors (Lipinski definition) is 4. The van der Waals surface area contributed by atoms with Crippen LogP contribution in [0.2, 0.25) is 0 Å². The number of fused-ring (bicyclic) bond motifs is 1. The van der Waals surface area contributed by atoms with E-state index in [0.29, 0.717) is 11.7 Å². The van der Waals surface area contributed by atoms with Gasteiger partial charge in [-0.2, -0.15) is 4.98 Å². The van der Waals surface area contributed by atoms with Crippen LogP contribution in [0, 0.1) is 12.8 Å². The zero-order valence-corrected chi connectivity index (χ0v) is 6.71. The molecule has 64 valence electrons. The maximum Gasteiger partial charge on any atom is 0.234 e. The van der Waals surface area contributed by atoms with Crippen molar-refractivity contribution in [2.75, 3.05) is 13.1 Å². The van der Waals surface area contributed by atoms with Gasteiger partial charge in [-0.05, 0) is 25.8 Å². The standard InChI is InChI=1S/C8H11N3O/c1-5-10-7(12-11-5)8-2-6(8)3-9-4-8/h6,9H,2-4H2,1H3/i1D. The molecule has 3 rings (SSSR count). The van der Waals surface area contributed by atoms with E-state index in [1.165, 1.54) is 6.42 Å². The van der Waals surface area contributed by atoms with Crippen molar-refractivity contribution in [1.82, 2.24) is 15.5 Å². The number of rotatable bonds is 1. The predicted octanol–water partition coefficient (Wildman–Crippen LogP) is 0.239. The third-order valence-electron chi connectivity index (χ3n) is 2.96. The highest BCUT2D eigenvalue weighted by Crippen LogP contribution is 2.55. The monoisotopic (exact) mass is 166 g/mol. The first kappa shape index (κ1) is 5.70. The summed E-state index contributed by atoms with van der Waals surface area (Å²) in [7, 11) is 0. The average molecular weight is 166 g/mol. The van der Waals surface area contributed by atoms with Crippen molar-refractivity contribution in [2.45, 2.75) is 18.7 Å². The molecule has 1 aromatic heterocycles. The second kappa shape index (κ2) is 1.88. The smallest absolute Gasteiger partial charge is 0.234 e. The number of nitrogens with zero attached hydrogens (tertiary/aromatic N) is 2. The Hall–Kier alpha value is -0.900. The van der Waals surface area contributed by atoms with Crippen LogP contribution < -0.4 is 5.32 Å². The van der Waals surface area contributed by atoms with E-state index in [1.54, 1.807) is 0 Å². The van der Waals surface area contributed by atoms with Crippen molar-refractivity contribution in [3.8, 4) is 0 Å². The van der Waals surface area contributed by atoms with Crippen molar-refractivity contribution in [2.24, 2.45) is 5.92 Å². The van der Waals surface area contributed by atoms with Crippen LogP contribution in [0.3, 0.4) is 0 Å². The summed E-state index contributed by atoms with van der Waals surface area (Å²) >= 11 is 0. The van der Waals surface area contributed by atoms with Crippen LogP contribution in [0.15, 0.2) is 4.52 Å². The maximum atomic E-state index is 7.10. The fraction of sp³-hybridized carbons (Fsp3) is 0.750. The minimum Gasteiger partial charge on any atom is -0.339 e. The molecule has 2 unspecified atom stereocenters. The van der Waals surface area contributed by atoms with Gasteiger partial charge in [-0.15, -0.1) is 0 Å². The molecule has 0 amide bonds. The van der Waals surface area contributed by atoms with Crippen molar-refractivity contribution in [3.05, 3.63) is 11.7 Å². The Bertz CT molecular complexity index is 340. The summed E-state index contributed by atoms with van der Waals surface area (Å²) in [5, 5.41) is 7.06. The lowest BCUT2D eigenvalue weighted by Gasteiger charge is -2.02. The predicted molar refractivity (Wildman–Crippen MR) is 41.7 cm³/mol. The average Bonchev–Trinajstić information content (AvgIpc) is 2.60. The molecule has 1 aliphatic carbocycles. The van der Waals surface area contributed by atoms with Crippen molar-refractivity contribution in [3.63, 3.8) is 0 Å². The first-order valence-corrected chi connectivity index (χ1v) is 4.18. The molecule has 1 N–H and O–H groups in total. The first-order chi connectivity index (χ1) is 6.35. The molecular weight excluding hydrogens is 154 g/mol. The molecule has 2 fully saturated rings. The second-order valence-electron chi connectivity index (χ2n) is 3.70. The molecule has 4 nitrogen and oxygen atoms in total. The van der Waals surface area contributed by atoms with Crippen LogP contribution in [0.4, 0.5) is 0 Å². The first-order valence-electron chi connectivity index (χ1n) is 4.89. The highest BCUT2D eigenvalue weighted by molar-refractivity contribution is 5.25. The van der Waals surface area contributed by atoms with Gasteiger partial charge in [0.25, 0.3) is 0 Å². The SMILES string of the molecule is [2H]Cc1noc(C23CNCC2C3)n1. The molecule has 2 atom stereocenters. The van der Waals surface area contributed by atoms with Crippen LogP contribution in [-0.2, 0) is 5.41 Å². The van der Waals surface area contributed by atoms with Gasteiger partial charge >= 0.3 is 0 Å². The van der Waals surface area contributed by atoms with E-state index >= 15 is 0 Å². The normalized spacial score (nSPS) is 39.3. The molecule has 4 heteroatoms. The molecule has 2 heterocycles. The van der Waals surface area contributed by atoms with Crippen LogP contribution in [0.5, 0.6) is 0 Å². The molecule has 2 aliphatic rings. The van der Waals surface area contributed by atoms with Gasteiger partial charge in [-0.3, -0.25) is 0 Å². The molecule has 12 heavy (non-hydrogen) atoms. The number of aromatic nitrogens is 2. The van der Waals surface area contributed by atoms with Crippen molar-refractivity contribution < 1.29 is 5.89 Å². The van der Waals surface area contributed by atoms with Crippen molar-refractivity contribution in [1.29, 1.82) is 0 Å². The Morgan fingerprint density at radius 1 is 1.83 bits per heavy atom. The van der Waals surface area contributed by atoms with Gasteiger partial charge in [0.1, 0.15) is 0 Å². The molecular formula is C8H11N3O. The molecule has 1 aromatic rings. The lowest BCUT2D eigenvalue weighted by atomic mass is 10.1. The van der Waals surface area contributed by atoms with Gasteiger partial charge < -0.3 is 9.84 Å². The van der Waals surface area contributed by atoms with Gasteiger partial charge in [0.2, 0.25) is 5.89 Å². The van der Waals surface area contributed by atoms with Crippen LogP contribution in [0.25, 0.3) is 0 Å². The third-order valence-corrected chi connectivity index (χ3v) is 2.96. The Balaban J connectivity index is 1.92. The summed E-state index contributed by atoms with van der Waals surface area (Å²) in [4.78, 5) is 4.22. The number of piperidine rings is 1. The minimum atomic E-state index is 0.109. The van der Waals surface area contributed by atoms with E-state index in [-0.39, 0.29) is 12.3 Å². The molecule has 0 bridgehead atoms. The largest absolute Gasteiger partial charge is 0.339 e.